The van der Waals surface area contributed by atoms with Crippen LogP contribution >= 0.6 is 0 Å². The summed E-state index contributed by atoms with van der Waals surface area (Å²) in [5.41, 5.74) is 0.663. The van der Waals surface area contributed by atoms with E-state index >= 15 is 0 Å². The van der Waals surface area contributed by atoms with Gasteiger partial charge in [-0.15, -0.1) is 0 Å². The lowest BCUT2D eigenvalue weighted by molar-refractivity contribution is 0.274. The fourth-order valence-corrected chi connectivity index (χ4v) is 3.39. The summed E-state index contributed by atoms with van der Waals surface area (Å²) in [7, 11) is 0. The summed E-state index contributed by atoms with van der Waals surface area (Å²) in [6.07, 6.45) is 2.55. The van der Waals surface area contributed by atoms with E-state index < -0.39 is 11.6 Å². The topological polar surface area (TPSA) is 15.3 Å². The first-order chi connectivity index (χ1) is 9.24. The third-order valence-electron chi connectivity index (χ3n) is 4.39. The standard InChI is InChI=1S/C15H20F2N2/c16-12-3-4-13(15(17)7-12)14-9-18-8-11(14)10-19-5-1-2-6-19/h3-4,7,11,14,18H,1-2,5-6,8-10H2/t11-,14?/m0/s1. The van der Waals surface area contributed by atoms with Gasteiger partial charge in [0.1, 0.15) is 11.6 Å². The number of nitrogens with one attached hydrogen (secondary N) is 1. The Morgan fingerprint density at radius 1 is 1.16 bits per heavy atom. The molecule has 0 bridgehead atoms. The van der Waals surface area contributed by atoms with Gasteiger partial charge in [0.25, 0.3) is 0 Å². The Morgan fingerprint density at radius 2 is 1.95 bits per heavy atom. The van der Waals surface area contributed by atoms with Crippen LogP contribution in [0.25, 0.3) is 0 Å². The van der Waals surface area contributed by atoms with Gasteiger partial charge in [-0.3, -0.25) is 0 Å². The lowest BCUT2D eigenvalue weighted by atomic mass is 9.88. The van der Waals surface area contributed by atoms with Crippen molar-refractivity contribution in [3.8, 4) is 0 Å². The average Bonchev–Trinajstić information content (AvgIpc) is 3.02. The summed E-state index contributed by atoms with van der Waals surface area (Å²) in [6, 6.07) is 3.98. The highest BCUT2D eigenvalue weighted by atomic mass is 19.1. The molecular weight excluding hydrogens is 246 g/mol. The molecule has 1 N–H and O–H groups in total. The van der Waals surface area contributed by atoms with Crippen molar-refractivity contribution >= 4 is 0 Å². The summed E-state index contributed by atoms with van der Waals surface area (Å²) in [6.45, 7) is 5.07. The molecule has 0 aromatic heterocycles. The van der Waals surface area contributed by atoms with Gasteiger partial charge < -0.3 is 10.2 Å². The first kappa shape index (κ1) is 13.0. The molecule has 0 spiro atoms. The van der Waals surface area contributed by atoms with Crippen molar-refractivity contribution in [1.29, 1.82) is 0 Å². The van der Waals surface area contributed by atoms with Gasteiger partial charge in [0.15, 0.2) is 0 Å². The molecule has 2 atom stereocenters. The second-order valence-electron chi connectivity index (χ2n) is 5.70. The van der Waals surface area contributed by atoms with Crippen molar-refractivity contribution in [3.05, 3.63) is 35.4 Å². The predicted molar refractivity (Wildman–Crippen MR) is 71.1 cm³/mol. The lowest BCUT2D eigenvalue weighted by Gasteiger charge is -2.24. The van der Waals surface area contributed by atoms with E-state index in [4.69, 9.17) is 0 Å². The zero-order valence-electron chi connectivity index (χ0n) is 11.0. The van der Waals surface area contributed by atoms with Crippen molar-refractivity contribution in [3.63, 3.8) is 0 Å². The van der Waals surface area contributed by atoms with E-state index in [2.05, 4.69) is 10.2 Å². The molecule has 0 amide bonds. The first-order valence-electron chi connectivity index (χ1n) is 7.12. The minimum Gasteiger partial charge on any atom is -0.316 e. The number of benzene rings is 1. The average molecular weight is 266 g/mol. The van der Waals surface area contributed by atoms with Crippen molar-refractivity contribution in [2.24, 2.45) is 5.92 Å². The number of rotatable bonds is 3. The van der Waals surface area contributed by atoms with Gasteiger partial charge in [-0.05, 0) is 50.0 Å². The molecule has 1 unspecified atom stereocenters. The van der Waals surface area contributed by atoms with Crippen LogP contribution < -0.4 is 5.32 Å². The van der Waals surface area contributed by atoms with E-state index in [0.29, 0.717) is 11.5 Å². The summed E-state index contributed by atoms with van der Waals surface area (Å²) in [4.78, 5) is 2.46. The van der Waals surface area contributed by atoms with Gasteiger partial charge in [0.2, 0.25) is 0 Å². The van der Waals surface area contributed by atoms with Crippen LogP contribution in [0.4, 0.5) is 8.78 Å². The van der Waals surface area contributed by atoms with Gasteiger partial charge in [0, 0.05) is 25.1 Å². The summed E-state index contributed by atoms with van der Waals surface area (Å²) in [5, 5.41) is 3.35. The van der Waals surface area contributed by atoms with E-state index in [-0.39, 0.29) is 5.92 Å². The van der Waals surface area contributed by atoms with E-state index in [1.54, 1.807) is 6.07 Å². The molecule has 0 saturated carbocycles. The number of hydrogen-bond acceptors (Lipinski definition) is 2. The molecule has 2 saturated heterocycles. The van der Waals surface area contributed by atoms with E-state index in [9.17, 15) is 8.78 Å². The molecule has 1 aromatic carbocycles. The molecular formula is C15H20F2N2. The Balaban J connectivity index is 1.74. The quantitative estimate of drug-likeness (QED) is 0.903. The molecule has 3 rings (SSSR count). The maximum Gasteiger partial charge on any atom is 0.129 e. The van der Waals surface area contributed by atoms with Gasteiger partial charge in [-0.25, -0.2) is 8.78 Å². The third-order valence-corrected chi connectivity index (χ3v) is 4.39. The smallest absolute Gasteiger partial charge is 0.129 e. The zero-order chi connectivity index (χ0) is 13.2. The van der Waals surface area contributed by atoms with Crippen molar-refractivity contribution in [1.82, 2.24) is 10.2 Å². The van der Waals surface area contributed by atoms with Gasteiger partial charge in [-0.2, -0.15) is 0 Å². The molecule has 2 fully saturated rings. The minimum absolute atomic E-state index is 0.168. The van der Waals surface area contributed by atoms with Gasteiger partial charge in [0.05, 0.1) is 0 Å². The Hall–Kier alpha value is -1.00. The monoisotopic (exact) mass is 266 g/mol. The third kappa shape index (κ3) is 2.79. The zero-order valence-corrected chi connectivity index (χ0v) is 11.0. The van der Waals surface area contributed by atoms with Crippen LogP contribution in [0.1, 0.15) is 24.3 Å². The Kier molecular flexibility index (Phi) is 3.80. The SMILES string of the molecule is Fc1ccc(C2CNC[C@H]2CN2CCCC2)c(F)c1. The largest absolute Gasteiger partial charge is 0.316 e. The molecule has 2 aliphatic rings. The van der Waals surface area contributed by atoms with Crippen molar-refractivity contribution < 1.29 is 8.78 Å². The van der Waals surface area contributed by atoms with Crippen LogP contribution in [0.5, 0.6) is 0 Å². The number of halogens is 2. The second kappa shape index (κ2) is 5.55. The fraction of sp³-hybridized carbons (Fsp3) is 0.600. The van der Waals surface area contributed by atoms with Gasteiger partial charge >= 0.3 is 0 Å². The van der Waals surface area contributed by atoms with Crippen LogP contribution in [-0.2, 0) is 0 Å². The van der Waals surface area contributed by atoms with Gasteiger partial charge in [-0.1, -0.05) is 6.07 Å². The van der Waals surface area contributed by atoms with Crippen molar-refractivity contribution in [2.75, 3.05) is 32.7 Å². The van der Waals surface area contributed by atoms with E-state index in [1.165, 1.54) is 18.9 Å². The number of nitrogens with zero attached hydrogens (tertiary/aromatic N) is 1. The summed E-state index contributed by atoms with van der Waals surface area (Å²) >= 11 is 0. The van der Waals surface area contributed by atoms with E-state index in [0.717, 1.165) is 38.8 Å². The van der Waals surface area contributed by atoms with Crippen LogP contribution in [0, 0.1) is 17.6 Å². The van der Waals surface area contributed by atoms with Crippen LogP contribution in [0.3, 0.4) is 0 Å². The maximum absolute atomic E-state index is 13.9. The molecule has 0 aliphatic carbocycles. The molecule has 104 valence electrons. The molecule has 2 aliphatic heterocycles. The van der Waals surface area contributed by atoms with Crippen molar-refractivity contribution in [2.45, 2.75) is 18.8 Å². The minimum atomic E-state index is -0.497. The Morgan fingerprint density at radius 3 is 2.68 bits per heavy atom. The Labute approximate surface area is 112 Å². The lowest BCUT2D eigenvalue weighted by Crippen LogP contribution is -2.30. The molecule has 2 heterocycles. The highest BCUT2D eigenvalue weighted by Crippen LogP contribution is 2.31. The van der Waals surface area contributed by atoms with Crippen LogP contribution in [-0.4, -0.2) is 37.6 Å². The molecule has 2 nitrogen and oxygen atoms in total. The molecule has 1 aromatic rings. The van der Waals surface area contributed by atoms with E-state index in [1.807, 2.05) is 0 Å². The predicted octanol–water partition coefficient (Wildman–Crippen LogP) is 2.36. The maximum atomic E-state index is 13.9. The molecule has 19 heavy (non-hydrogen) atoms. The number of hydrogen-bond donors (Lipinski definition) is 1. The summed E-state index contributed by atoms with van der Waals surface area (Å²) < 4.78 is 26.9. The molecule has 0 radical (unpaired) electrons. The first-order valence-corrected chi connectivity index (χ1v) is 7.12. The Bertz CT molecular complexity index is 444. The highest BCUT2D eigenvalue weighted by Gasteiger charge is 2.32. The number of likely N-dealkylation sites (tertiary alicyclic amines) is 1. The summed E-state index contributed by atoms with van der Waals surface area (Å²) in [5.74, 6) is -0.303. The fourth-order valence-electron chi connectivity index (χ4n) is 3.39. The normalized spacial score (nSPS) is 28.1. The van der Waals surface area contributed by atoms with Crippen LogP contribution in [0.2, 0.25) is 0 Å². The highest BCUT2D eigenvalue weighted by molar-refractivity contribution is 5.25. The van der Waals surface area contributed by atoms with Crippen LogP contribution in [0.15, 0.2) is 18.2 Å². The second-order valence-corrected chi connectivity index (χ2v) is 5.70. The molecule has 4 heteroatoms.